The van der Waals surface area contributed by atoms with Gasteiger partial charge < -0.3 is 15.4 Å². The summed E-state index contributed by atoms with van der Waals surface area (Å²) in [5, 5.41) is 6.81. The maximum atomic E-state index is 5.59. The minimum Gasteiger partial charge on any atom is -0.381 e. The van der Waals surface area contributed by atoms with Crippen LogP contribution in [0, 0.1) is 11.8 Å². The van der Waals surface area contributed by atoms with Gasteiger partial charge in [0.15, 0.2) is 5.96 Å². The number of hydrogen-bond donors (Lipinski definition) is 2. The Hall–Kier alpha value is -0.810. The van der Waals surface area contributed by atoms with Crippen LogP contribution in [-0.4, -0.2) is 63.3 Å². The van der Waals surface area contributed by atoms with E-state index in [2.05, 4.69) is 48.2 Å². The summed E-state index contributed by atoms with van der Waals surface area (Å²) in [6.45, 7) is 15.0. The number of likely N-dealkylation sites (tertiary alicyclic amines) is 1. The minimum absolute atomic E-state index is 0.547. The molecular formula is C18H38N4O. The van der Waals surface area contributed by atoms with Gasteiger partial charge in [-0.3, -0.25) is 9.89 Å². The molecule has 23 heavy (non-hydrogen) atoms. The molecule has 1 aliphatic heterocycles. The lowest BCUT2D eigenvalue weighted by Crippen LogP contribution is -2.48. The molecule has 0 radical (unpaired) electrons. The third-order valence-electron chi connectivity index (χ3n) is 4.31. The summed E-state index contributed by atoms with van der Waals surface area (Å²) in [6, 6.07) is 0.547. The fourth-order valence-electron chi connectivity index (χ4n) is 2.92. The molecule has 136 valence electrons. The second-order valence-electron chi connectivity index (χ2n) is 7.29. The third-order valence-corrected chi connectivity index (χ3v) is 4.31. The SMILES string of the molecule is CN=C(NCCCOCC(C)C)NCC(C)N1CCCC(C)C1. The van der Waals surface area contributed by atoms with E-state index in [9.17, 15) is 0 Å². The maximum absolute atomic E-state index is 5.59. The van der Waals surface area contributed by atoms with Crippen molar-refractivity contribution >= 4 is 5.96 Å². The van der Waals surface area contributed by atoms with Crippen molar-refractivity contribution in [2.75, 3.05) is 46.4 Å². The molecule has 5 nitrogen and oxygen atoms in total. The number of aliphatic imine (C=N–C) groups is 1. The Morgan fingerprint density at radius 1 is 1.30 bits per heavy atom. The van der Waals surface area contributed by atoms with Crippen molar-refractivity contribution in [3.63, 3.8) is 0 Å². The first-order valence-electron chi connectivity index (χ1n) is 9.29. The predicted molar refractivity (Wildman–Crippen MR) is 99.1 cm³/mol. The van der Waals surface area contributed by atoms with Gasteiger partial charge >= 0.3 is 0 Å². The maximum Gasteiger partial charge on any atom is 0.191 e. The van der Waals surface area contributed by atoms with Crippen molar-refractivity contribution < 1.29 is 4.74 Å². The van der Waals surface area contributed by atoms with Gasteiger partial charge in [0.25, 0.3) is 0 Å². The standard InChI is InChI=1S/C18H38N4O/c1-15(2)14-23-11-7-9-20-18(19-5)21-12-17(4)22-10-6-8-16(3)13-22/h15-17H,6-14H2,1-5H3,(H2,19,20,21). The Labute approximate surface area is 143 Å². The summed E-state index contributed by atoms with van der Waals surface area (Å²) in [4.78, 5) is 6.89. The van der Waals surface area contributed by atoms with E-state index in [1.165, 1.54) is 25.9 Å². The highest BCUT2D eigenvalue weighted by Crippen LogP contribution is 2.17. The van der Waals surface area contributed by atoms with Gasteiger partial charge in [0.1, 0.15) is 0 Å². The molecule has 0 aromatic carbocycles. The lowest BCUT2D eigenvalue weighted by atomic mass is 9.99. The normalized spacial score (nSPS) is 21.5. The summed E-state index contributed by atoms with van der Waals surface area (Å²) < 4.78 is 5.59. The lowest BCUT2D eigenvalue weighted by Gasteiger charge is -2.35. The average molecular weight is 327 g/mol. The smallest absolute Gasteiger partial charge is 0.191 e. The molecule has 1 saturated heterocycles. The minimum atomic E-state index is 0.547. The highest BCUT2D eigenvalue weighted by atomic mass is 16.5. The van der Waals surface area contributed by atoms with Crippen LogP contribution in [0.4, 0.5) is 0 Å². The lowest BCUT2D eigenvalue weighted by molar-refractivity contribution is 0.108. The van der Waals surface area contributed by atoms with Gasteiger partial charge in [-0.15, -0.1) is 0 Å². The molecule has 5 heteroatoms. The molecule has 0 amide bonds. The zero-order valence-corrected chi connectivity index (χ0v) is 15.9. The topological polar surface area (TPSA) is 48.9 Å². The van der Waals surface area contributed by atoms with Crippen LogP contribution in [0.1, 0.15) is 47.0 Å². The molecule has 0 aliphatic carbocycles. The van der Waals surface area contributed by atoms with Crippen LogP contribution in [0.5, 0.6) is 0 Å². The Morgan fingerprint density at radius 3 is 2.74 bits per heavy atom. The first kappa shape index (κ1) is 20.2. The van der Waals surface area contributed by atoms with Crippen molar-refractivity contribution in [1.29, 1.82) is 0 Å². The molecule has 2 unspecified atom stereocenters. The highest BCUT2D eigenvalue weighted by molar-refractivity contribution is 5.79. The molecule has 0 bridgehead atoms. The zero-order chi connectivity index (χ0) is 17.1. The van der Waals surface area contributed by atoms with Gasteiger partial charge in [0, 0.05) is 45.9 Å². The van der Waals surface area contributed by atoms with E-state index >= 15 is 0 Å². The number of piperidine rings is 1. The summed E-state index contributed by atoms with van der Waals surface area (Å²) in [6.07, 6.45) is 3.71. The average Bonchev–Trinajstić information content (AvgIpc) is 2.52. The molecule has 0 spiro atoms. The van der Waals surface area contributed by atoms with Crippen molar-refractivity contribution in [1.82, 2.24) is 15.5 Å². The van der Waals surface area contributed by atoms with Gasteiger partial charge in [-0.05, 0) is 44.6 Å². The van der Waals surface area contributed by atoms with E-state index in [1.807, 2.05) is 7.05 Å². The number of guanidine groups is 1. The number of hydrogen-bond acceptors (Lipinski definition) is 3. The second-order valence-corrected chi connectivity index (χ2v) is 7.29. The van der Waals surface area contributed by atoms with E-state index < -0.39 is 0 Å². The third kappa shape index (κ3) is 9.16. The fraction of sp³-hybridized carbons (Fsp3) is 0.944. The van der Waals surface area contributed by atoms with Crippen LogP contribution in [0.2, 0.25) is 0 Å². The zero-order valence-electron chi connectivity index (χ0n) is 15.9. The second kappa shape index (κ2) is 11.7. The molecule has 2 N–H and O–H groups in total. The van der Waals surface area contributed by atoms with Crippen molar-refractivity contribution in [2.24, 2.45) is 16.8 Å². The molecular weight excluding hydrogens is 288 g/mol. The van der Waals surface area contributed by atoms with E-state index in [-0.39, 0.29) is 0 Å². The summed E-state index contributed by atoms with van der Waals surface area (Å²) >= 11 is 0. The number of ether oxygens (including phenoxy) is 1. The molecule has 2 atom stereocenters. The Balaban J connectivity index is 2.13. The van der Waals surface area contributed by atoms with Gasteiger partial charge in [-0.1, -0.05) is 20.8 Å². The van der Waals surface area contributed by atoms with Crippen molar-refractivity contribution in [2.45, 2.75) is 53.0 Å². The molecule has 0 aromatic heterocycles. The quantitative estimate of drug-likeness (QED) is 0.388. The van der Waals surface area contributed by atoms with Crippen molar-refractivity contribution in [3.8, 4) is 0 Å². The first-order valence-corrected chi connectivity index (χ1v) is 9.29. The van der Waals surface area contributed by atoms with Crippen LogP contribution >= 0.6 is 0 Å². The Kier molecular flexibility index (Phi) is 10.3. The summed E-state index contributed by atoms with van der Waals surface area (Å²) in [5.74, 6) is 2.33. The van der Waals surface area contributed by atoms with Crippen LogP contribution in [0.25, 0.3) is 0 Å². The van der Waals surface area contributed by atoms with E-state index in [4.69, 9.17) is 4.74 Å². The molecule has 1 fully saturated rings. The van der Waals surface area contributed by atoms with Gasteiger partial charge in [0.2, 0.25) is 0 Å². The van der Waals surface area contributed by atoms with Crippen LogP contribution < -0.4 is 10.6 Å². The Morgan fingerprint density at radius 2 is 2.09 bits per heavy atom. The predicted octanol–water partition coefficient (Wildman–Crippen LogP) is 2.33. The molecule has 1 aliphatic rings. The monoisotopic (exact) mass is 326 g/mol. The van der Waals surface area contributed by atoms with Crippen molar-refractivity contribution in [3.05, 3.63) is 0 Å². The van der Waals surface area contributed by atoms with Crippen LogP contribution in [0.3, 0.4) is 0 Å². The van der Waals surface area contributed by atoms with E-state index in [0.717, 1.165) is 44.6 Å². The number of rotatable bonds is 9. The largest absolute Gasteiger partial charge is 0.381 e. The molecule has 1 rings (SSSR count). The van der Waals surface area contributed by atoms with Gasteiger partial charge in [-0.2, -0.15) is 0 Å². The summed E-state index contributed by atoms with van der Waals surface area (Å²) in [5.41, 5.74) is 0. The van der Waals surface area contributed by atoms with Gasteiger partial charge in [-0.25, -0.2) is 0 Å². The number of nitrogens with zero attached hydrogens (tertiary/aromatic N) is 2. The summed E-state index contributed by atoms with van der Waals surface area (Å²) in [7, 11) is 1.83. The van der Waals surface area contributed by atoms with E-state index in [0.29, 0.717) is 12.0 Å². The van der Waals surface area contributed by atoms with Crippen LogP contribution in [-0.2, 0) is 4.74 Å². The highest BCUT2D eigenvalue weighted by Gasteiger charge is 2.20. The Bertz CT molecular complexity index is 333. The van der Waals surface area contributed by atoms with E-state index in [1.54, 1.807) is 0 Å². The van der Waals surface area contributed by atoms with Gasteiger partial charge in [0.05, 0.1) is 0 Å². The molecule has 1 heterocycles. The molecule has 0 saturated carbocycles. The number of nitrogens with one attached hydrogen (secondary N) is 2. The molecule has 0 aromatic rings. The fourth-order valence-corrected chi connectivity index (χ4v) is 2.92. The first-order chi connectivity index (χ1) is 11.0. The van der Waals surface area contributed by atoms with Crippen LogP contribution in [0.15, 0.2) is 4.99 Å².